The molecular formula is C12H14BrNO2. The fourth-order valence-electron chi connectivity index (χ4n) is 1.27. The third-order valence-electron chi connectivity index (χ3n) is 2.29. The minimum Gasteiger partial charge on any atom is -0.343 e. The van der Waals surface area contributed by atoms with Crippen molar-refractivity contribution in [3.8, 4) is 0 Å². The number of nitrogens with one attached hydrogen (secondary N) is 1. The average Bonchev–Trinajstić information content (AvgIpc) is 2.28. The Morgan fingerprint density at radius 1 is 1.31 bits per heavy atom. The molecule has 0 radical (unpaired) electrons. The van der Waals surface area contributed by atoms with Gasteiger partial charge in [-0.05, 0) is 31.2 Å². The molecule has 0 spiro atoms. The maximum absolute atomic E-state index is 11.7. The summed E-state index contributed by atoms with van der Waals surface area (Å²) >= 11 is 3.29. The van der Waals surface area contributed by atoms with Gasteiger partial charge in [-0.1, -0.05) is 22.9 Å². The Morgan fingerprint density at radius 3 is 2.38 bits per heavy atom. The topological polar surface area (TPSA) is 46.2 Å². The molecule has 16 heavy (non-hydrogen) atoms. The lowest BCUT2D eigenvalue weighted by atomic mass is 10.1. The minimum absolute atomic E-state index is 0.0328. The van der Waals surface area contributed by atoms with Crippen LogP contribution in [0.15, 0.2) is 28.7 Å². The Bertz CT molecular complexity index is 387. The molecule has 0 fully saturated rings. The number of benzene rings is 1. The molecule has 1 rings (SSSR count). The predicted octanol–water partition coefficient (Wildman–Crippen LogP) is 2.55. The molecule has 0 saturated carbocycles. The number of hydrogen-bond donors (Lipinski definition) is 1. The van der Waals surface area contributed by atoms with Gasteiger partial charge >= 0.3 is 0 Å². The van der Waals surface area contributed by atoms with Crippen molar-refractivity contribution in [3.63, 3.8) is 0 Å². The second kappa shape index (κ2) is 5.80. The highest BCUT2D eigenvalue weighted by Crippen LogP contribution is 2.10. The third-order valence-corrected chi connectivity index (χ3v) is 2.81. The lowest BCUT2D eigenvalue weighted by molar-refractivity contribution is -0.120. The lowest BCUT2D eigenvalue weighted by Gasteiger charge is -2.11. The van der Waals surface area contributed by atoms with Crippen molar-refractivity contribution in [2.45, 2.75) is 26.3 Å². The fourth-order valence-corrected chi connectivity index (χ4v) is 1.53. The summed E-state index contributed by atoms with van der Waals surface area (Å²) in [5.74, 6) is -0.188. The van der Waals surface area contributed by atoms with Gasteiger partial charge in [0.25, 0.3) is 5.91 Å². The van der Waals surface area contributed by atoms with Crippen molar-refractivity contribution < 1.29 is 9.59 Å². The molecule has 0 saturated heterocycles. The first-order valence-electron chi connectivity index (χ1n) is 5.13. The summed E-state index contributed by atoms with van der Waals surface area (Å²) in [6.07, 6.45) is 0.432. The molecule has 0 heterocycles. The molecule has 1 aromatic carbocycles. The van der Waals surface area contributed by atoms with E-state index in [0.717, 1.165) is 4.47 Å². The van der Waals surface area contributed by atoms with Crippen molar-refractivity contribution >= 4 is 27.6 Å². The zero-order chi connectivity index (χ0) is 12.1. The first-order valence-corrected chi connectivity index (χ1v) is 5.93. The number of rotatable bonds is 4. The van der Waals surface area contributed by atoms with Gasteiger partial charge in [-0.25, -0.2) is 0 Å². The largest absolute Gasteiger partial charge is 0.343 e. The van der Waals surface area contributed by atoms with E-state index >= 15 is 0 Å². The Labute approximate surface area is 103 Å². The number of hydrogen-bond acceptors (Lipinski definition) is 2. The van der Waals surface area contributed by atoms with Gasteiger partial charge in [-0.2, -0.15) is 0 Å². The van der Waals surface area contributed by atoms with E-state index < -0.39 is 6.04 Å². The number of amides is 1. The second-order valence-corrected chi connectivity index (χ2v) is 4.44. The monoisotopic (exact) mass is 283 g/mol. The highest BCUT2D eigenvalue weighted by atomic mass is 79.9. The Kier molecular flexibility index (Phi) is 4.68. The van der Waals surface area contributed by atoms with E-state index in [1.165, 1.54) is 0 Å². The van der Waals surface area contributed by atoms with Crippen molar-refractivity contribution in [2.75, 3.05) is 0 Å². The molecule has 86 valence electrons. The molecule has 4 heteroatoms. The van der Waals surface area contributed by atoms with E-state index in [9.17, 15) is 9.59 Å². The molecule has 1 N–H and O–H groups in total. The van der Waals surface area contributed by atoms with Crippen molar-refractivity contribution in [1.29, 1.82) is 0 Å². The molecule has 0 aliphatic heterocycles. The van der Waals surface area contributed by atoms with Crippen LogP contribution in [0.4, 0.5) is 0 Å². The van der Waals surface area contributed by atoms with Crippen LogP contribution in [-0.4, -0.2) is 17.7 Å². The normalized spacial score (nSPS) is 11.9. The van der Waals surface area contributed by atoms with E-state index in [-0.39, 0.29) is 11.7 Å². The summed E-state index contributed by atoms with van der Waals surface area (Å²) in [6, 6.07) is 6.58. The van der Waals surface area contributed by atoms with Gasteiger partial charge in [-0.15, -0.1) is 0 Å². The SMILES string of the molecule is CCC(=O)C(C)NC(=O)c1ccc(Br)cc1. The zero-order valence-corrected chi connectivity index (χ0v) is 10.9. The van der Waals surface area contributed by atoms with Crippen LogP contribution in [0, 0.1) is 0 Å². The molecule has 1 amide bonds. The summed E-state index contributed by atoms with van der Waals surface area (Å²) in [6.45, 7) is 3.48. The van der Waals surface area contributed by atoms with E-state index in [4.69, 9.17) is 0 Å². The zero-order valence-electron chi connectivity index (χ0n) is 9.29. The Hall–Kier alpha value is -1.16. The van der Waals surface area contributed by atoms with Crippen LogP contribution in [0.1, 0.15) is 30.6 Å². The van der Waals surface area contributed by atoms with Crippen molar-refractivity contribution in [1.82, 2.24) is 5.32 Å². The first kappa shape index (κ1) is 12.9. The Morgan fingerprint density at radius 2 is 1.88 bits per heavy atom. The van der Waals surface area contributed by atoms with Gasteiger partial charge in [-0.3, -0.25) is 9.59 Å². The average molecular weight is 284 g/mol. The molecular weight excluding hydrogens is 270 g/mol. The molecule has 3 nitrogen and oxygen atoms in total. The van der Waals surface area contributed by atoms with Crippen LogP contribution in [0.5, 0.6) is 0 Å². The quantitative estimate of drug-likeness (QED) is 0.923. The smallest absolute Gasteiger partial charge is 0.251 e. The third kappa shape index (κ3) is 3.45. The molecule has 0 bridgehead atoms. The Balaban J connectivity index is 2.65. The van der Waals surface area contributed by atoms with Gasteiger partial charge in [0.05, 0.1) is 6.04 Å². The number of halogens is 1. The summed E-state index contributed by atoms with van der Waals surface area (Å²) in [7, 11) is 0. The van der Waals surface area contributed by atoms with Crippen LogP contribution in [0.25, 0.3) is 0 Å². The lowest BCUT2D eigenvalue weighted by Crippen LogP contribution is -2.38. The van der Waals surface area contributed by atoms with Crippen LogP contribution in [0.2, 0.25) is 0 Å². The van der Waals surface area contributed by atoms with Crippen LogP contribution in [0.3, 0.4) is 0 Å². The summed E-state index contributed by atoms with van der Waals surface area (Å²) < 4.78 is 0.918. The molecule has 0 aromatic heterocycles. The van der Waals surface area contributed by atoms with Gasteiger partial charge in [0.2, 0.25) is 0 Å². The second-order valence-electron chi connectivity index (χ2n) is 3.52. The highest BCUT2D eigenvalue weighted by Gasteiger charge is 2.14. The van der Waals surface area contributed by atoms with Gasteiger partial charge in [0.15, 0.2) is 5.78 Å². The van der Waals surface area contributed by atoms with Crippen LogP contribution >= 0.6 is 15.9 Å². The standard InChI is InChI=1S/C12H14BrNO2/c1-3-11(15)8(2)14-12(16)9-4-6-10(13)7-5-9/h4-8H,3H2,1-2H3,(H,14,16). The summed E-state index contributed by atoms with van der Waals surface area (Å²) in [5, 5.41) is 2.66. The van der Waals surface area contributed by atoms with Gasteiger partial charge < -0.3 is 5.32 Å². The van der Waals surface area contributed by atoms with E-state index in [1.54, 1.807) is 38.1 Å². The molecule has 0 aliphatic rings. The molecule has 1 aromatic rings. The van der Waals surface area contributed by atoms with Gasteiger partial charge in [0.1, 0.15) is 0 Å². The van der Waals surface area contributed by atoms with Crippen LogP contribution in [-0.2, 0) is 4.79 Å². The first-order chi connectivity index (χ1) is 7.54. The fraction of sp³-hybridized carbons (Fsp3) is 0.333. The van der Waals surface area contributed by atoms with E-state index in [2.05, 4.69) is 21.2 Å². The number of ketones is 1. The number of Topliss-reactive ketones (excluding diaryl/α,β-unsaturated/α-hetero) is 1. The van der Waals surface area contributed by atoms with Crippen LogP contribution < -0.4 is 5.32 Å². The van der Waals surface area contributed by atoms with E-state index in [0.29, 0.717) is 12.0 Å². The van der Waals surface area contributed by atoms with Crippen molar-refractivity contribution in [3.05, 3.63) is 34.3 Å². The molecule has 1 unspecified atom stereocenters. The molecule has 0 aliphatic carbocycles. The van der Waals surface area contributed by atoms with Crippen molar-refractivity contribution in [2.24, 2.45) is 0 Å². The number of carbonyl (C=O) groups excluding carboxylic acids is 2. The maximum atomic E-state index is 11.7. The minimum atomic E-state index is -0.429. The predicted molar refractivity (Wildman–Crippen MR) is 66.4 cm³/mol. The maximum Gasteiger partial charge on any atom is 0.251 e. The number of carbonyl (C=O) groups is 2. The summed E-state index contributed by atoms with van der Waals surface area (Å²) in [4.78, 5) is 23.0. The summed E-state index contributed by atoms with van der Waals surface area (Å²) in [5.41, 5.74) is 0.555. The molecule has 1 atom stereocenters. The van der Waals surface area contributed by atoms with Gasteiger partial charge in [0, 0.05) is 16.5 Å². The highest BCUT2D eigenvalue weighted by molar-refractivity contribution is 9.10. The van der Waals surface area contributed by atoms with E-state index in [1.807, 2.05) is 0 Å².